The van der Waals surface area contributed by atoms with E-state index in [9.17, 15) is 9.59 Å². The summed E-state index contributed by atoms with van der Waals surface area (Å²) in [5.41, 5.74) is 5.14. The molecule has 0 fully saturated rings. The van der Waals surface area contributed by atoms with Crippen LogP contribution < -0.4 is 10.7 Å². The van der Waals surface area contributed by atoms with Crippen LogP contribution in [0.1, 0.15) is 44.4 Å². The van der Waals surface area contributed by atoms with Crippen molar-refractivity contribution in [2.75, 3.05) is 17.3 Å². The van der Waals surface area contributed by atoms with Gasteiger partial charge in [0.25, 0.3) is 0 Å². The van der Waals surface area contributed by atoms with Gasteiger partial charge >= 0.3 is 6.09 Å². The molecular weight excluding hydrogens is 490 g/mol. The molecule has 1 heterocycles. The average Bonchev–Trinajstić information content (AvgIpc) is 3.32. The van der Waals surface area contributed by atoms with Crippen LogP contribution >= 0.6 is 0 Å². The first-order valence-corrected chi connectivity index (χ1v) is 13.0. The standard InChI is InChI=1S/C31H35N5O3/c1-5-35-28(27(23-32-35)34-36(21-22-37)29(38)39-30(2,3)4)33-31(24-15-9-6-10-16-24,25-17-11-7-12-18-25)26-19-13-8-14-20-26/h6-20,22-23,33-34H,5,21H2,1-4H3. The van der Waals surface area contributed by atoms with Gasteiger partial charge in [-0.1, -0.05) is 91.0 Å². The highest BCUT2D eigenvalue weighted by molar-refractivity contribution is 5.76. The maximum Gasteiger partial charge on any atom is 0.429 e. The fraction of sp³-hybridized carbons (Fsp3) is 0.258. The van der Waals surface area contributed by atoms with Crippen molar-refractivity contribution < 1.29 is 14.3 Å². The number of amides is 1. The van der Waals surface area contributed by atoms with Crippen molar-refractivity contribution in [1.29, 1.82) is 0 Å². The van der Waals surface area contributed by atoms with Gasteiger partial charge < -0.3 is 14.8 Å². The molecule has 0 aliphatic rings. The molecule has 0 unspecified atom stereocenters. The second-order valence-corrected chi connectivity index (χ2v) is 10.1. The number of ether oxygens (including phenoxy) is 1. The third-order valence-electron chi connectivity index (χ3n) is 6.19. The lowest BCUT2D eigenvalue weighted by atomic mass is 9.77. The van der Waals surface area contributed by atoms with Crippen LogP contribution in [0.2, 0.25) is 0 Å². The van der Waals surface area contributed by atoms with Gasteiger partial charge in [0, 0.05) is 6.54 Å². The summed E-state index contributed by atoms with van der Waals surface area (Å²) in [7, 11) is 0. The summed E-state index contributed by atoms with van der Waals surface area (Å²) in [6.07, 6.45) is 1.63. The fourth-order valence-electron chi connectivity index (χ4n) is 4.50. The molecular formula is C31H35N5O3. The first-order chi connectivity index (χ1) is 18.8. The Hall–Kier alpha value is -4.59. The molecule has 0 aliphatic carbocycles. The van der Waals surface area contributed by atoms with Crippen molar-refractivity contribution in [2.24, 2.45) is 0 Å². The predicted octanol–water partition coefficient (Wildman–Crippen LogP) is 6.07. The van der Waals surface area contributed by atoms with Gasteiger partial charge in [-0.05, 0) is 44.4 Å². The molecule has 4 aromatic rings. The summed E-state index contributed by atoms with van der Waals surface area (Å²) >= 11 is 0. The third-order valence-corrected chi connectivity index (χ3v) is 6.19. The molecule has 0 atom stereocenters. The topological polar surface area (TPSA) is 88.5 Å². The summed E-state index contributed by atoms with van der Waals surface area (Å²) in [6.45, 7) is 7.69. The Morgan fingerprint density at radius 2 is 1.38 bits per heavy atom. The number of nitrogens with one attached hydrogen (secondary N) is 2. The average molecular weight is 526 g/mol. The number of hydrogen-bond donors (Lipinski definition) is 2. The molecule has 0 saturated heterocycles. The highest BCUT2D eigenvalue weighted by Crippen LogP contribution is 2.41. The zero-order valence-electron chi connectivity index (χ0n) is 22.8. The molecule has 0 aliphatic heterocycles. The van der Waals surface area contributed by atoms with Gasteiger partial charge in [0.15, 0.2) is 5.82 Å². The van der Waals surface area contributed by atoms with Gasteiger partial charge in [-0.2, -0.15) is 5.10 Å². The number of nitrogens with zero attached hydrogens (tertiary/aromatic N) is 3. The molecule has 0 saturated carbocycles. The van der Waals surface area contributed by atoms with Crippen molar-refractivity contribution in [2.45, 2.75) is 45.4 Å². The number of carbonyl (C=O) groups is 2. The van der Waals surface area contributed by atoms with Gasteiger partial charge in [0.05, 0.1) is 6.20 Å². The smallest absolute Gasteiger partial charge is 0.429 e. The van der Waals surface area contributed by atoms with E-state index >= 15 is 0 Å². The van der Waals surface area contributed by atoms with E-state index in [1.54, 1.807) is 27.0 Å². The largest absolute Gasteiger partial charge is 0.442 e. The fourth-order valence-corrected chi connectivity index (χ4v) is 4.50. The molecule has 202 valence electrons. The van der Waals surface area contributed by atoms with Crippen molar-refractivity contribution in [3.63, 3.8) is 0 Å². The number of carbonyl (C=O) groups excluding carboxylic acids is 2. The third kappa shape index (κ3) is 6.12. The van der Waals surface area contributed by atoms with E-state index in [1.165, 1.54) is 0 Å². The van der Waals surface area contributed by atoms with Gasteiger partial charge in [-0.15, -0.1) is 0 Å². The maximum absolute atomic E-state index is 12.9. The van der Waals surface area contributed by atoms with E-state index in [0.717, 1.165) is 21.7 Å². The van der Waals surface area contributed by atoms with Crippen molar-refractivity contribution in [3.05, 3.63) is 114 Å². The zero-order chi connectivity index (χ0) is 27.9. The Kier molecular flexibility index (Phi) is 8.34. The Morgan fingerprint density at radius 1 is 0.897 bits per heavy atom. The number of hydrogen-bond acceptors (Lipinski definition) is 6. The zero-order valence-corrected chi connectivity index (χ0v) is 22.8. The SMILES string of the molecule is CCn1ncc(NN(CC=O)C(=O)OC(C)(C)C)c1NC(c1ccccc1)(c1ccccc1)c1ccccc1. The van der Waals surface area contributed by atoms with Crippen LogP contribution in [0.5, 0.6) is 0 Å². The van der Waals surface area contributed by atoms with E-state index < -0.39 is 17.2 Å². The maximum atomic E-state index is 12.9. The lowest BCUT2D eigenvalue weighted by Gasteiger charge is -2.38. The Morgan fingerprint density at radius 3 is 1.79 bits per heavy atom. The summed E-state index contributed by atoms with van der Waals surface area (Å²) in [5, 5.41) is 9.54. The molecule has 4 rings (SSSR count). The highest BCUT2D eigenvalue weighted by Gasteiger charge is 2.38. The minimum absolute atomic E-state index is 0.202. The summed E-state index contributed by atoms with van der Waals surface area (Å²) < 4.78 is 7.34. The Balaban J connectivity index is 1.87. The summed E-state index contributed by atoms with van der Waals surface area (Å²) in [6, 6.07) is 30.6. The second kappa shape index (κ2) is 11.9. The highest BCUT2D eigenvalue weighted by atomic mass is 16.6. The van der Waals surface area contributed by atoms with Crippen molar-refractivity contribution in [3.8, 4) is 0 Å². The van der Waals surface area contributed by atoms with Gasteiger partial charge in [0.1, 0.15) is 29.7 Å². The molecule has 2 N–H and O–H groups in total. The first-order valence-electron chi connectivity index (χ1n) is 13.0. The van der Waals surface area contributed by atoms with Crippen molar-refractivity contribution in [1.82, 2.24) is 14.8 Å². The molecule has 3 aromatic carbocycles. The molecule has 39 heavy (non-hydrogen) atoms. The molecule has 0 radical (unpaired) electrons. The van der Waals surface area contributed by atoms with Crippen LogP contribution in [0.15, 0.2) is 97.2 Å². The van der Waals surface area contributed by atoms with E-state index in [-0.39, 0.29) is 6.54 Å². The van der Waals surface area contributed by atoms with Crippen LogP contribution in [0, 0.1) is 0 Å². The Labute approximate surface area is 229 Å². The minimum atomic E-state index is -0.811. The first kappa shape index (κ1) is 27.4. The number of aryl methyl sites for hydroxylation is 1. The quantitative estimate of drug-likeness (QED) is 0.148. The number of benzene rings is 3. The van der Waals surface area contributed by atoms with E-state index in [4.69, 9.17) is 4.74 Å². The normalized spacial score (nSPS) is 11.5. The second-order valence-electron chi connectivity index (χ2n) is 10.1. The van der Waals surface area contributed by atoms with Crippen LogP contribution in [0.4, 0.5) is 16.3 Å². The van der Waals surface area contributed by atoms with Crippen LogP contribution in [0.25, 0.3) is 0 Å². The number of hydrazine groups is 1. The summed E-state index contributed by atoms with van der Waals surface area (Å²) in [5.74, 6) is 0.647. The van der Waals surface area contributed by atoms with Gasteiger partial charge in [-0.25, -0.2) is 14.5 Å². The van der Waals surface area contributed by atoms with Crippen LogP contribution in [0.3, 0.4) is 0 Å². The Bertz CT molecular complexity index is 1270. The monoisotopic (exact) mass is 525 g/mol. The molecule has 0 bridgehead atoms. The number of aldehydes is 1. The van der Waals surface area contributed by atoms with Gasteiger partial charge in [0.2, 0.25) is 0 Å². The van der Waals surface area contributed by atoms with Crippen LogP contribution in [-0.4, -0.2) is 39.3 Å². The molecule has 1 amide bonds. The molecule has 8 nitrogen and oxygen atoms in total. The van der Waals surface area contributed by atoms with E-state index in [1.807, 2.05) is 66.2 Å². The molecule has 0 spiro atoms. The predicted molar refractivity (Wildman–Crippen MR) is 153 cm³/mol. The van der Waals surface area contributed by atoms with Crippen LogP contribution in [-0.2, 0) is 21.6 Å². The lowest BCUT2D eigenvalue weighted by Crippen LogP contribution is -2.42. The van der Waals surface area contributed by atoms with Gasteiger partial charge in [-0.3, -0.25) is 5.43 Å². The minimum Gasteiger partial charge on any atom is -0.442 e. The molecule has 1 aromatic heterocycles. The van der Waals surface area contributed by atoms with E-state index in [2.05, 4.69) is 52.2 Å². The number of rotatable bonds is 10. The number of anilines is 2. The summed E-state index contributed by atoms with van der Waals surface area (Å²) in [4.78, 5) is 24.4. The van der Waals surface area contributed by atoms with Crippen molar-refractivity contribution >= 4 is 23.9 Å². The molecule has 8 heteroatoms. The number of aromatic nitrogens is 2. The lowest BCUT2D eigenvalue weighted by molar-refractivity contribution is -0.108. The van der Waals surface area contributed by atoms with E-state index in [0.29, 0.717) is 24.3 Å².